The standard InChI is InChI=1S/C14H24N2O3/c1-15(2)12-6-7-16(9-12)13(17)10-4-3-5-11(8-10)14(18)19/h10-12H,3-9H2,1-2H3,(H,18,19). The van der Waals surface area contributed by atoms with E-state index in [0.717, 1.165) is 38.8 Å². The van der Waals surface area contributed by atoms with Crippen molar-refractivity contribution in [3.8, 4) is 0 Å². The first-order valence-electron chi connectivity index (χ1n) is 7.17. The van der Waals surface area contributed by atoms with Crippen LogP contribution in [0.25, 0.3) is 0 Å². The first-order chi connectivity index (χ1) is 8.99. The van der Waals surface area contributed by atoms with Gasteiger partial charge in [0.2, 0.25) is 5.91 Å². The number of carboxylic acids is 1. The quantitative estimate of drug-likeness (QED) is 0.831. The predicted octanol–water partition coefficient (Wildman–Crippen LogP) is 1.04. The Balaban J connectivity index is 1.91. The number of hydrogen-bond acceptors (Lipinski definition) is 3. The van der Waals surface area contributed by atoms with Gasteiger partial charge >= 0.3 is 5.97 Å². The van der Waals surface area contributed by atoms with Gasteiger partial charge in [0.05, 0.1) is 5.92 Å². The molecular weight excluding hydrogens is 244 g/mol. The Bertz CT molecular complexity index is 357. The Hall–Kier alpha value is -1.10. The summed E-state index contributed by atoms with van der Waals surface area (Å²) in [6.07, 6.45) is 3.98. The van der Waals surface area contributed by atoms with E-state index in [0.29, 0.717) is 12.5 Å². The van der Waals surface area contributed by atoms with E-state index in [1.807, 2.05) is 19.0 Å². The molecule has 2 rings (SSSR count). The number of aliphatic carboxylic acids is 1. The highest BCUT2D eigenvalue weighted by Crippen LogP contribution is 2.31. The van der Waals surface area contributed by atoms with Crippen molar-refractivity contribution in [2.75, 3.05) is 27.2 Å². The SMILES string of the molecule is CN(C)C1CCN(C(=O)C2CCCC(C(=O)O)C2)C1. The van der Waals surface area contributed by atoms with Crippen molar-refractivity contribution in [2.45, 2.75) is 38.1 Å². The lowest BCUT2D eigenvalue weighted by Gasteiger charge is -2.29. The van der Waals surface area contributed by atoms with Crippen molar-refractivity contribution in [1.82, 2.24) is 9.80 Å². The third-order valence-electron chi connectivity index (χ3n) is 4.58. The van der Waals surface area contributed by atoms with Crippen LogP contribution >= 0.6 is 0 Å². The Morgan fingerprint density at radius 1 is 1.16 bits per heavy atom. The highest BCUT2D eigenvalue weighted by Gasteiger charge is 2.36. The average molecular weight is 268 g/mol. The Labute approximate surface area is 114 Å². The normalized spacial score (nSPS) is 31.7. The Kier molecular flexibility index (Phi) is 4.45. The van der Waals surface area contributed by atoms with Crippen molar-refractivity contribution in [1.29, 1.82) is 0 Å². The maximum absolute atomic E-state index is 12.5. The second kappa shape index (κ2) is 5.90. The summed E-state index contributed by atoms with van der Waals surface area (Å²) >= 11 is 0. The fourth-order valence-electron chi connectivity index (χ4n) is 3.26. The number of rotatable bonds is 3. The summed E-state index contributed by atoms with van der Waals surface area (Å²) in [5, 5.41) is 9.09. The zero-order valence-corrected chi connectivity index (χ0v) is 11.8. The molecule has 0 bridgehead atoms. The van der Waals surface area contributed by atoms with Gasteiger partial charge in [-0.2, -0.15) is 0 Å². The van der Waals surface area contributed by atoms with Gasteiger partial charge in [-0.3, -0.25) is 9.59 Å². The van der Waals surface area contributed by atoms with E-state index in [9.17, 15) is 9.59 Å². The highest BCUT2D eigenvalue weighted by atomic mass is 16.4. The lowest BCUT2D eigenvalue weighted by atomic mass is 9.81. The minimum atomic E-state index is -0.745. The monoisotopic (exact) mass is 268 g/mol. The molecule has 1 aliphatic carbocycles. The topological polar surface area (TPSA) is 60.9 Å². The molecule has 0 aromatic heterocycles. The molecule has 3 unspecified atom stereocenters. The van der Waals surface area contributed by atoms with Crippen LogP contribution in [-0.4, -0.2) is 60.0 Å². The Morgan fingerprint density at radius 2 is 1.84 bits per heavy atom. The van der Waals surface area contributed by atoms with Crippen LogP contribution < -0.4 is 0 Å². The molecule has 0 aromatic carbocycles. The molecule has 2 aliphatic rings. The first-order valence-corrected chi connectivity index (χ1v) is 7.17. The van der Waals surface area contributed by atoms with Crippen molar-refractivity contribution >= 4 is 11.9 Å². The molecule has 3 atom stereocenters. The molecule has 108 valence electrons. The van der Waals surface area contributed by atoms with Crippen LogP contribution in [0.5, 0.6) is 0 Å². The minimum absolute atomic E-state index is 0.0734. The van der Waals surface area contributed by atoms with Gasteiger partial charge in [0.1, 0.15) is 0 Å². The maximum atomic E-state index is 12.5. The number of carbonyl (C=O) groups excluding carboxylic acids is 1. The lowest BCUT2D eigenvalue weighted by molar-refractivity contribution is -0.145. The predicted molar refractivity (Wildman–Crippen MR) is 71.8 cm³/mol. The molecular formula is C14H24N2O3. The molecule has 0 aromatic rings. The number of carboxylic acid groups (broad SMARTS) is 1. The molecule has 1 aliphatic heterocycles. The average Bonchev–Trinajstić information content (AvgIpc) is 2.87. The summed E-state index contributed by atoms with van der Waals surface area (Å²) in [6, 6.07) is 0.447. The summed E-state index contributed by atoms with van der Waals surface area (Å²) in [5.74, 6) is -0.967. The van der Waals surface area contributed by atoms with E-state index in [4.69, 9.17) is 5.11 Å². The van der Waals surface area contributed by atoms with Crippen LogP contribution in [0.3, 0.4) is 0 Å². The van der Waals surface area contributed by atoms with Gasteiger partial charge in [-0.15, -0.1) is 0 Å². The zero-order chi connectivity index (χ0) is 14.0. The number of hydrogen-bond donors (Lipinski definition) is 1. The van der Waals surface area contributed by atoms with E-state index in [1.165, 1.54) is 0 Å². The van der Waals surface area contributed by atoms with Crippen molar-refractivity contribution in [2.24, 2.45) is 11.8 Å². The smallest absolute Gasteiger partial charge is 0.306 e. The van der Waals surface area contributed by atoms with Gasteiger partial charge in [0.15, 0.2) is 0 Å². The molecule has 1 saturated heterocycles. The number of nitrogens with zero attached hydrogens (tertiary/aromatic N) is 2. The van der Waals surface area contributed by atoms with Crippen LogP contribution in [0, 0.1) is 11.8 Å². The summed E-state index contributed by atoms with van der Waals surface area (Å²) in [6.45, 7) is 1.61. The van der Waals surface area contributed by atoms with E-state index in [-0.39, 0.29) is 17.7 Å². The van der Waals surface area contributed by atoms with Gasteiger partial charge in [0.25, 0.3) is 0 Å². The van der Waals surface area contributed by atoms with Gasteiger partial charge in [-0.1, -0.05) is 6.42 Å². The molecule has 5 nitrogen and oxygen atoms in total. The van der Waals surface area contributed by atoms with Crippen molar-refractivity contribution in [3.63, 3.8) is 0 Å². The highest BCUT2D eigenvalue weighted by molar-refractivity contribution is 5.80. The Morgan fingerprint density at radius 3 is 2.42 bits per heavy atom. The second-order valence-electron chi connectivity index (χ2n) is 6.09. The van der Waals surface area contributed by atoms with Crippen LogP contribution in [-0.2, 0) is 9.59 Å². The molecule has 1 amide bonds. The summed E-state index contributed by atoms with van der Waals surface area (Å²) in [7, 11) is 4.08. The molecule has 0 spiro atoms. The summed E-state index contributed by atoms with van der Waals surface area (Å²) in [5.41, 5.74) is 0. The van der Waals surface area contributed by atoms with E-state index < -0.39 is 5.97 Å². The summed E-state index contributed by atoms with van der Waals surface area (Å²) < 4.78 is 0. The maximum Gasteiger partial charge on any atom is 0.306 e. The van der Waals surface area contributed by atoms with E-state index in [2.05, 4.69) is 4.90 Å². The summed E-state index contributed by atoms with van der Waals surface area (Å²) in [4.78, 5) is 27.6. The molecule has 1 saturated carbocycles. The molecule has 0 radical (unpaired) electrons. The van der Waals surface area contributed by atoms with E-state index >= 15 is 0 Å². The minimum Gasteiger partial charge on any atom is -0.481 e. The first kappa shape index (κ1) is 14.3. The fourth-order valence-corrected chi connectivity index (χ4v) is 3.26. The number of likely N-dealkylation sites (N-methyl/N-ethyl adjacent to an activating group) is 1. The molecule has 1 N–H and O–H groups in total. The third-order valence-corrected chi connectivity index (χ3v) is 4.58. The van der Waals surface area contributed by atoms with Gasteiger partial charge in [0, 0.05) is 25.0 Å². The zero-order valence-electron chi connectivity index (χ0n) is 11.8. The molecule has 2 fully saturated rings. The van der Waals surface area contributed by atoms with Crippen molar-refractivity contribution < 1.29 is 14.7 Å². The van der Waals surface area contributed by atoms with Gasteiger partial charge in [-0.25, -0.2) is 0 Å². The second-order valence-corrected chi connectivity index (χ2v) is 6.09. The van der Waals surface area contributed by atoms with Gasteiger partial charge in [-0.05, 0) is 39.8 Å². The van der Waals surface area contributed by atoms with Gasteiger partial charge < -0.3 is 14.9 Å². The van der Waals surface area contributed by atoms with Crippen molar-refractivity contribution in [3.05, 3.63) is 0 Å². The van der Waals surface area contributed by atoms with Crippen LogP contribution in [0.1, 0.15) is 32.1 Å². The fraction of sp³-hybridized carbons (Fsp3) is 0.857. The van der Waals surface area contributed by atoms with Crippen LogP contribution in [0.15, 0.2) is 0 Å². The lowest BCUT2D eigenvalue weighted by Crippen LogP contribution is -2.39. The van der Waals surface area contributed by atoms with Crippen LogP contribution in [0.4, 0.5) is 0 Å². The largest absolute Gasteiger partial charge is 0.481 e. The number of carbonyl (C=O) groups is 2. The number of amides is 1. The number of likely N-dealkylation sites (tertiary alicyclic amines) is 1. The van der Waals surface area contributed by atoms with Crippen LogP contribution in [0.2, 0.25) is 0 Å². The van der Waals surface area contributed by atoms with E-state index in [1.54, 1.807) is 0 Å². The third kappa shape index (κ3) is 3.26. The molecule has 19 heavy (non-hydrogen) atoms. The molecule has 1 heterocycles. The molecule has 5 heteroatoms.